The van der Waals surface area contributed by atoms with Crippen molar-refractivity contribution in [3.05, 3.63) is 48.6 Å². The molecule has 0 spiro atoms. The number of benzene rings is 1. The summed E-state index contributed by atoms with van der Waals surface area (Å²) in [5.74, 6) is 6.76. The van der Waals surface area contributed by atoms with Crippen LogP contribution < -0.4 is 4.90 Å². The first kappa shape index (κ1) is 12.9. The molecule has 0 unspecified atom stereocenters. The van der Waals surface area contributed by atoms with Gasteiger partial charge in [0.05, 0.1) is 13.1 Å². The fourth-order valence-corrected chi connectivity index (χ4v) is 2.54. The molecule has 1 nitrogen and oxygen atoms in total. The van der Waals surface area contributed by atoms with E-state index in [-0.39, 0.29) is 0 Å². The quantitative estimate of drug-likeness (QED) is 0.609. The molecule has 1 fully saturated rings. The summed E-state index contributed by atoms with van der Waals surface area (Å²) < 4.78 is 0. The van der Waals surface area contributed by atoms with Gasteiger partial charge in [0.2, 0.25) is 0 Å². The second-order valence-corrected chi connectivity index (χ2v) is 4.93. The second kappa shape index (κ2) is 7.03. The van der Waals surface area contributed by atoms with Gasteiger partial charge in [0, 0.05) is 12.0 Å². The number of likely N-dealkylation sites (tertiary alicyclic amines) is 1. The highest BCUT2D eigenvalue weighted by Gasteiger charge is 2.21. The van der Waals surface area contributed by atoms with Crippen molar-refractivity contribution in [1.82, 2.24) is 0 Å². The summed E-state index contributed by atoms with van der Waals surface area (Å²) in [7, 11) is 0. The van der Waals surface area contributed by atoms with Crippen LogP contribution in [0, 0.1) is 11.8 Å². The van der Waals surface area contributed by atoms with E-state index in [2.05, 4.69) is 30.6 Å². The van der Waals surface area contributed by atoms with Gasteiger partial charge in [-0.3, -0.25) is 0 Å². The maximum Gasteiger partial charge on any atom is 0.153 e. The average molecular weight is 240 g/mol. The fraction of sp³-hybridized carbons (Fsp3) is 0.412. The van der Waals surface area contributed by atoms with Crippen LogP contribution in [0.2, 0.25) is 0 Å². The molecule has 0 saturated carbocycles. The molecule has 1 aliphatic rings. The van der Waals surface area contributed by atoms with Crippen LogP contribution in [0.1, 0.15) is 31.2 Å². The molecule has 1 aliphatic heterocycles. The third kappa shape index (κ3) is 3.75. The maximum absolute atomic E-state index is 3.87. The summed E-state index contributed by atoms with van der Waals surface area (Å²) in [6.07, 6.45) is 7.07. The summed E-state index contributed by atoms with van der Waals surface area (Å²) in [5.41, 5.74) is 1.11. The number of hydrogen-bond donors (Lipinski definition) is 1. The van der Waals surface area contributed by atoms with Crippen LogP contribution in [0.15, 0.2) is 43.0 Å². The largest absolute Gasteiger partial charge is 0.322 e. The van der Waals surface area contributed by atoms with E-state index < -0.39 is 0 Å². The van der Waals surface area contributed by atoms with Crippen LogP contribution in [0.4, 0.5) is 0 Å². The van der Waals surface area contributed by atoms with Gasteiger partial charge in [0.25, 0.3) is 0 Å². The van der Waals surface area contributed by atoms with Crippen molar-refractivity contribution in [3.8, 4) is 11.8 Å². The van der Waals surface area contributed by atoms with E-state index in [1.54, 1.807) is 4.90 Å². The van der Waals surface area contributed by atoms with Gasteiger partial charge < -0.3 is 4.90 Å². The van der Waals surface area contributed by atoms with Crippen LogP contribution in [0.25, 0.3) is 0 Å². The number of rotatable bonds is 3. The van der Waals surface area contributed by atoms with Gasteiger partial charge in [-0.25, -0.2) is 0 Å². The Morgan fingerprint density at radius 1 is 1.17 bits per heavy atom. The second-order valence-electron chi connectivity index (χ2n) is 4.93. The highest BCUT2D eigenvalue weighted by atomic mass is 15.1. The number of piperidine rings is 1. The van der Waals surface area contributed by atoms with Gasteiger partial charge in [-0.1, -0.05) is 30.2 Å². The molecule has 1 saturated heterocycles. The molecule has 1 heteroatoms. The van der Waals surface area contributed by atoms with Gasteiger partial charge >= 0.3 is 0 Å². The Hall–Kier alpha value is -1.52. The zero-order valence-electron chi connectivity index (χ0n) is 11.0. The lowest BCUT2D eigenvalue weighted by Crippen LogP contribution is -3.16. The molecule has 0 radical (unpaired) electrons. The molecule has 1 aromatic rings. The van der Waals surface area contributed by atoms with E-state index in [9.17, 15) is 0 Å². The van der Waals surface area contributed by atoms with E-state index in [0.29, 0.717) is 6.04 Å². The Bertz CT molecular complexity index is 418. The zero-order valence-corrected chi connectivity index (χ0v) is 11.0. The molecule has 1 heterocycles. The van der Waals surface area contributed by atoms with Crippen molar-refractivity contribution in [1.29, 1.82) is 0 Å². The summed E-state index contributed by atoms with van der Waals surface area (Å²) in [5, 5.41) is 0. The number of nitrogens with one attached hydrogen (secondary N) is 1. The minimum Gasteiger partial charge on any atom is -0.322 e. The van der Waals surface area contributed by atoms with Gasteiger partial charge in [0.1, 0.15) is 0 Å². The summed E-state index contributed by atoms with van der Waals surface area (Å²) in [4.78, 5) is 1.64. The molecule has 18 heavy (non-hydrogen) atoms. The normalized spacial score (nSPS) is 17.6. The van der Waals surface area contributed by atoms with Gasteiger partial charge in [0.15, 0.2) is 6.04 Å². The molecular formula is C17H22N+. The highest BCUT2D eigenvalue weighted by molar-refractivity contribution is 5.34. The van der Waals surface area contributed by atoms with Crippen molar-refractivity contribution in [2.24, 2.45) is 0 Å². The summed E-state index contributed by atoms with van der Waals surface area (Å²) in [6, 6.07) is 10.7. The zero-order chi connectivity index (χ0) is 12.6. The highest BCUT2D eigenvalue weighted by Crippen LogP contribution is 1.99. The van der Waals surface area contributed by atoms with E-state index in [0.717, 1.165) is 12.0 Å². The molecule has 94 valence electrons. The Labute approximate surface area is 111 Å². The van der Waals surface area contributed by atoms with Crippen LogP contribution in [-0.4, -0.2) is 19.1 Å². The third-order valence-corrected chi connectivity index (χ3v) is 3.56. The van der Waals surface area contributed by atoms with E-state index in [4.69, 9.17) is 0 Å². The molecule has 2 rings (SSSR count). The molecule has 0 amide bonds. The monoisotopic (exact) mass is 240 g/mol. The summed E-state index contributed by atoms with van der Waals surface area (Å²) >= 11 is 0. The van der Waals surface area contributed by atoms with Crippen molar-refractivity contribution in [2.75, 3.05) is 13.1 Å². The van der Waals surface area contributed by atoms with Gasteiger partial charge in [-0.15, -0.1) is 6.58 Å². The fourth-order valence-electron chi connectivity index (χ4n) is 2.54. The molecule has 0 aromatic heterocycles. The minimum absolute atomic E-state index is 0.419. The van der Waals surface area contributed by atoms with Crippen LogP contribution in [0.5, 0.6) is 0 Å². The van der Waals surface area contributed by atoms with E-state index >= 15 is 0 Å². The van der Waals surface area contributed by atoms with E-state index in [1.807, 2.05) is 24.3 Å². The van der Waals surface area contributed by atoms with Gasteiger partial charge in [-0.05, 0) is 37.3 Å². The Morgan fingerprint density at radius 3 is 2.56 bits per heavy atom. The molecule has 1 atom stereocenters. The van der Waals surface area contributed by atoms with Crippen LogP contribution in [-0.2, 0) is 0 Å². The predicted molar refractivity (Wildman–Crippen MR) is 76.5 cm³/mol. The Morgan fingerprint density at radius 2 is 1.89 bits per heavy atom. The smallest absolute Gasteiger partial charge is 0.153 e. The Kier molecular flexibility index (Phi) is 5.05. The number of quaternary nitrogens is 1. The van der Waals surface area contributed by atoms with Crippen molar-refractivity contribution in [3.63, 3.8) is 0 Å². The minimum atomic E-state index is 0.419. The SMILES string of the molecule is C=CC[C@H](C#Cc1ccccc1)[NH+]1CCCCC1. The molecule has 1 N–H and O–H groups in total. The van der Waals surface area contributed by atoms with Crippen LogP contribution in [0.3, 0.4) is 0 Å². The standard InChI is InChI=1S/C17H21N/c1-2-9-17(18-14-7-4-8-15-18)13-12-16-10-5-3-6-11-16/h2-3,5-6,10-11,17H,1,4,7-9,14-15H2/p+1/t17-/m1/s1. The van der Waals surface area contributed by atoms with Crippen molar-refractivity contribution < 1.29 is 4.90 Å². The lowest BCUT2D eigenvalue weighted by molar-refractivity contribution is -0.921. The maximum atomic E-state index is 3.87. The number of hydrogen-bond acceptors (Lipinski definition) is 0. The lowest BCUT2D eigenvalue weighted by Gasteiger charge is -2.27. The van der Waals surface area contributed by atoms with E-state index in [1.165, 1.54) is 32.4 Å². The third-order valence-electron chi connectivity index (χ3n) is 3.56. The molecular weight excluding hydrogens is 218 g/mol. The topological polar surface area (TPSA) is 4.44 Å². The van der Waals surface area contributed by atoms with Crippen molar-refractivity contribution >= 4 is 0 Å². The lowest BCUT2D eigenvalue weighted by atomic mass is 10.1. The average Bonchev–Trinajstić information content (AvgIpc) is 2.45. The first-order valence-corrected chi connectivity index (χ1v) is 6.92. The Balaban J connectivity index is 2.06. The summed E-state index contributed by atoms with van der Waals surface area (Å²) in [6.45, 7) is 6.40. The molecule has 0 bridgehead atoms. The van der Waals surface area contributed by atoms with Gasteiger partial charge in [-0.2, -0.15) is 0 Å². The first-order chi connectivity index (χ1) is 8.90. The van der Waals surface area contributed by atoms with Crippen LogP contribution >= 0.6 is 0 Å². The molecule has 1 aromatic carbocycles. The molecule has 0 aliphatic carbocycles. The predicted octanol–water partition coefficient (Wildman–Crippen LogP) is 2.05. The van der Waals surface area contributed by atoms with Crippen molar-refractivity contribution in [2.45, 2.75) is 31.7 Å². The first-order valence-electron chi connectivity index (χ1n) is 6.92.